The minimum Gasteiger partial charge on any atom is -0.361 e. The number of fused-ring (bicyclic) bond motifs is 1. The first kappa shape index (κ1) is 18.5. The van der Waals surface area contributed by atoms with Gasteiger partial charge in [0.15, 0.2) is 0 Å². The quantitative estimate of drug-likeness (QED) is 0.795. The van der Waals surface area contributed by atoms with Crippen LogP contribution in [0.2, 0.25) is 0 Å². The highest BCUT2D eigenvalue weighted by Crippen LogP contribution is 2.23. The van der Waals surface area contributed by atoms with Gasteiger partial charge in [0.05, 0.1) is 0 Å². The van der Waals surface area contributed by atoms with E-state index >= 15 is 0 Å². The summed E-state index contributed by atoms with van der Waals surface area (Å²) in [5, 5.41) is 3.77. The molecule has 0 unspecified atom stereocenters. The molecule has 0 spiro atoms. The molecule has 2 fully saturated rings. The lowest BCUT2D eigenvalue weighted by atomic mass is 9.92. The fraction of sp³-hybridized carbons (Fsp3) is 0.476. The van der Waals surface area contributed by atoms with Crippen LogP contribution in [0, 0.1) is 11.8 Å². The SMILES string of the molecule is C[C@@H]1C[C@H](C)CN(C(=O)CN2C(=O)N[C@@H](Cc3c[nH]c4ccccc34)C2=O)C1. The highest BCUT2D eigenvalue weighted by molar-refractivity contribution is 6.06. The minimum absolute atomic E-state index is 0.158. The Balaban J connectivity index is 1.43. The smallest absolute Gasteiger partial charge is 0.325 e. The third-order valence-electron chi connectivity index (χ3n) is 5.72. The number of nitrogens with zero attached hydrogens (tertiary/aromatic N) is 2. The number of nitrogens with one attached hydrogen (secondary N) is 2. The van der Waals surface area contributed by atoms with Crippen LogP contribution in [-0.4, -0.2) is 58.3 Å². The first-order valence-corrected chi connectivity index (χ1v) is 9.87. The Morgan fingerprint density at radius 3 is 2.61 bits per heavy atom. The average molecular weight is 382 g/mol. The fourth-order valence-electron chi connectivity index (χ4n) is 4.49. The van der Waals surface area contributed by atoms with Gasteiger partial charge in [-0.1, -0.05) is 32.0 Å². The molecular formula is C21H26N4O3. The number of hydrogen-bond donors (Lipinski definition) is 2. The Labute approximate surface area is 164 Å². The maximum atomic E-state index is 12.8. The first-order valence-electron chi connectivity index (χ1n) is 9.87. The Bertz CT molecular complexity index is 911. The average Bonchev–Trinajstić information content (AvgIpc) is 3.17. The number of likely N-dealkylation sites (tertiary alicyclic amines) is 1. The molecule has 2 saturated heterocycles. The molecule has 2 aromatic rings. The van der Waals surface area contributed by atoms with Crippen LogP contribution in [0.4, 0.5) is 4.79 Å². The van der Waals surface area contributed by atoms with Crippen molar-refractivity contribution < 1.29 is 14.4 Å². The van der Waals surface area contributed by atoms with E-state index in [1.54, 1.807) is 4.90 Å². The van der Waals surface area contributed by atoms with Gasteiger partial charge in [0.25, 0.3) is 5.91 Å². The van der Waals surface area contributed by atoms with E-state index in [0.717, 1.165) is 27.8 Å². The number of H-pyrrole nitrogens is 1. The summed E-state index contributed by atoms with van der Waals surface area (Å²) in [5.41, 5.74) is 1.97. The number of carbonyl (C=O) groups excluding carboxylic acids is 3. The zero-order valence-corrected chi connectivity index (χ0v) is 16.3. The van der Waals surface area contributed by atoms with E-state index in [1.807, 2.05) is 30.5 Å². The number of carbonyl (C=O) groups is 3. The van der Waals surface area contributed by atoms with E-state index in [4.69, 9.17) is 0 Å². The summed E-state index contributed by atoms with van der Waals surface area (Å²) in [5.74, 6) is 0.382. The second-order valence-corrected chi connectivity index (χ2v) is 8.23. The van der Waals surface area contributed by atoms with Crippen molar-refractivity contribution >= 4 is 28.7 Å². The maximum absolute atomic E-state index is 12.8. The monoisotopic (exact) mass is 382 g/mol. The summed E-state index contributed by atoms with van der Waals surface area (Å²) in [6.07, 6.45) is 3.37. The summed E-state index contributed by atoms with van der Waals surface area (Å²) in [6, 6.07) is 6.73. The Morgan fingerprint density at radius 2 is 1.86 bits per heavy atom. The van der Waals surface area contributed by atoms with Gasteiger partial charge in [-0.2, -0.15) is 0 Å². The summed E-state index contributed by atoms with van der Waals surface area (Å²) in [6.45, 7) is 5.44. The fourth-order valence-corrected chi connectivity index (χ4v) is 4.49. The summed E-state index contributed by atoms with van der Waals surface area (Å²) in [4.78, 5) is 43.8. The molecule has 4 amide bonds. The lowest BCUT2D eigenvalue weighted by Crippen LogP contribution is -2.48. The number of amides is 4. The highest BCUT2D eigenvalue weighted by atomic mass is 16.2. The molecule has 1 aromatic carbocycles. The van der Waals surface area contributed by atoms with Crippen LogP contribution in [0.3, 0.4) is 0 Å². The van der Waals surface area contributed by atoms with Crippen molar-refractivity contribution in [3.8, 4) is 0 Å². The molecule has 2 aliphatic heterocycles. The molecule has 2 aliphatic rings. The molecule has 148 valence electrons. The van der Waals surface area contributed by atoms with Crippen LogP contribution in [0.1, 0.15) is 25.8 Å². The van der Waals surface area contributed by atoms with E-state index < -0.39 is 12.1 Å². The molecule has 3 heterocycles. The van der Waals surface area contributed by atoms with Crippen LogP contribution in [0.25, 0.3) is 10.9 Å². The third kappa shape index (κ3) is 3.48. The standard InChI is InChI=1S/C21H26N4O3/c1-13-7-14(2)11-24(10-13)19(26)12-25-20(27)18(23-21(25)28)8-15-9-22-17-6-4-3-5-16(15)17/h3-6,9,13-14,18,22H,7-8,10-12H2,1-2H3,(H,23,28)/t13-,14+,18-/m0/s1. The molecular weight excluding hydrogens is 356 g/mol. The Hall–Kier alpha value is -2.83. The molecule has 0 bridgehead atoms. The van der Waals surface area contributed by atoms with Crippen LogP contribution >= 0.6 is 0 Å². The van der Waals surface area contributed by atoms with Gasteiger partial charge in [-0.15, -0.1) is 0 Å². The zero-order chi connectivity index (χ0) is 19.8. The lowest BCUT2D eigenvalue weighted by molar-refractivity contribution is -0.139. The number of rotatable bonds is 4. The minimum atomic E-state index is -0.640. The number of aromatic nitrogens is 1. The number of piperidine rings is 1. The van der Waals surface area contributed by atoms with Crippen molar-refractivity contribution in [1.29, 1.82) is 0 Å². The van der Waals surface area contributed by atoms with Crippen molar-refractivity contribution in [1.82, 2.24) is 20.1 Å². The maximum Gasteiger partial charge on any atom is 0.325 e. The second-order valence-electron chi connectivity index (χ2n) is 8.23. The van der Waals surface area contributed by atoms with Crippen LogP contribution in [0.15, 0.2) is 30.5 Å². The van der Waals surface area contributed by atoms with Crippen molar-refractivity contribution in [3.63, 3.8) is 0 Å². The molecule has 0 saturated carbocycles. The van der Waals surface area contributed by atoms with Crippen LogP contribution in [0.5, 0.6) is 0 Å². The Morgan fingerprint density at radius 1 is 1.14 bits per heavy atom. The predicted octanol–water partition coefficient (Wildman–Crippen LogP) is 2.14. The van der Waals surface area contributed by atoms with E-state index in [2.05, 4.69) is 24.1 Å². The number of imide groups is 1. The molecule has 28 heavy (non-hydrogen) atoms. The van der Waals surface area contributed by atoms with Gasteiger partial charge in [0.2, 0.25) is 5.91 Å². The van der Waals surface area contributed by atoms with Gasteiger partial charge >= 0.3 is 6.03 Å². The molecule has 0 radical (unpaired) electrons. The van der Waals surface area contributed by atoms with Crippen molar-refractivity contribution in [2.75, 3.05) is 19.6 Å². The topological polar surface area (TPSA) is 85.5 Å². The van der Waals surface area contributed by atoms with Gasteiger partial charge in [0, 0.05) is 36.6 Å². The molecule has 7 heteroatoms. The highest BCUT2D eigenvalue weighted by Gasteiger charge is 2.40. The van der Waals surface area contributed by atoms with E-state index in [9.17, 15) is 14.4 Å². The molecule has 1 aromatic heterocycles. The summed E-state index contributed by atoms with van der Waals surface area (Å²) in [7, 11) is 0. The third-order valence-corrected chi connectivity index (χ3v) is 5.72. The van der Waals surface area contributed by atoms with Gasteiger partial charge in [-0.25, -0.2) is 4.79 Å². The van der Waals surface area contributed by atoms with E-state index in [-0.39, 0.29) is 18.4 Å². The normalized spacial score (nSPS) is 25.4. The van der Waals surface area contributed by atoms with Crippen LogP contribution in [-0.2, 0) is 16.0 Å². The number of para-hydroxylation sites is 1. The predicted molar refractivity (Wildman–Crippen MR) is 106 cm³/mol. The zero-order valence-electron chi connectivity index (χ0n) is 16.3. The van der Waals surface area contributed by atoms with Crippen molar-refractivity contribution in [3.05, 3.63) is 36.0 Å². The first-order chi connectivity index (χ1) is 13.4. The number of benzene rings is 1. The van der Waals surface area contributed by atoms with Gasteiger partial charge < -0.3 is 15.2 Å². The molecule has 4 rings (SSSR count). The number of aromatic amines is 1. The van der Waals surface area contributed by atoms with Gasteiger partial charge in [-0.05, 0) is 29.9 Å². The van der Waals surface area contributed by atoms with Gasteiger partial charge in [-0.3, -0.25) is 14.5 Å². The van der Waals surface area contributed by atoms with Crippen LogP contribution < -0.4 is 5.32 Å². The Kier molecular flexibility index (Phi) is 4.83. The molecule has 3 atom stereocenters. The summed E-state index contributed by atoms with van der Waals surface area (Å²) >= 11 is 0. The summed E-state index contributed by atoms with van der Waals surface area (Å²) < 4.78 is 0. The number of urea groups is 1. The number of hydrogen-bond acceptors (Lipinski definition) is 3. The second kappa shape index (κ2) is 7.30. The van der Waals surface area contributed by atoms with Crippen molar-refractivity contribution in [2.45, 2.75) is 32.7 Å². The van der Waals surface area contributed by atoms with E-state index in [0.29, 0.717) is 31.3 Å². The van der Waals surface area contributed by atoms with Crippen molar-refractivity contribution in [2.24, 2.45) is 11.8 Å². The molecule has 0 aliphatic carbocycles. The molecule has 7 nitrogen and oxygen atoms in total. The van der Waals surface area contributed by atoms with Gasteiger partial charge in [0.1, 0.15) is 12.6 Å². The largest absolute Gasteiger partial charge is 0.361 e. The van der Waals surface area contributed by atoms with E-state index in [1.165, 1.54) is 0 Å². The lowest BCUT2D eigenvalue weighted by Gasteiger charge is -2.35. The molecule has 2 N–H and O–H groups in total.